The van der Waals surface area contributed by atoms with Gasteiger partial charge in [0.1, 0.15) is 0 Å². The SMILES string of the molecule is CCc1nnc(N2CC(C)OC(CC)C2)nc1CC. The predicted octanol–water partition coefficient (Wildman–Crippen LogP) is 2.00. The number of aryl methyl sites for hydroxylation is 2. The molecule has 2 heterocycles. The highest BCUT2D eigenvalue weighted by Crippen LogP contribution is 2.18. The second-order valence-electron chi connectivity index (χ2n) is 5.09. The van der Waals surface area contributed by atoms with E-state index in [-0.39, 0.29) is 12.2 Å². The summed E-state index contributed by atoms with van der Waals surface area (Å²) in [7, 11) is 0. The van der Waals surface area contributed by atoms with Gasteiger partial charge < -0.3 is 9.64 Å². The lowest BCUT2D eigenvalue weighted by atomic mass is 10.2. The van der Waals surface area contributed by atoms with E-state index in [0.717, 1.165) is 49.7 Å². The van der Waals surface area contributed by atoms with Crippen LogP contribution in [0, 0.1) is 0 Å². The van der Waals surface area contributed by atoms with Gasteiger partial charge in [0.15, 0.2) is 0 Å². The minimum atomic E-state index is 0.221. The van der Waals surface area contributed by atoms with Crippen molar-refractivity contribution in [2.24, 2.45) is 0 Å². The first-order valence-corrected chi connectivity index (χ1v) is 7.30. The summed E-state index contributed by atoms with van der Waals surface area (Å²) in [6.07, 6.45) is 3.30. The molecule has 0 radical (unpaired) electrons. The molecule has 2 atom stereocenters. The van der Waals surface area contributed by atoms with E-state index in [4.69, 9.17) is 4.74 Å². The van der Waals surface area contributed by atoms with Crippen LogP contribution in [-0.2, 0) is 17.6 Å². The topological polar surface area (TPSA) is 51.1 Å². The highest BCUT2D eigenvalue weighted by atomic mass is 16.5. The molecule has 5 nitrogen and oxygen atoms in total. The second-order valence-corrected chi connectivity index (χ2v) is 5.09. The Labute approximate surface area is 115 Å². The van der Waals surface area contributed by atoms with Crippen LogP contribution < -0.4 is 4.90 Å². The normalized spacial score (nSPS) is 23.7. The fourth-order valence-corrected chi connectivity index (χ4v) is 2.50. The van der Waals surface area contributed by atoms with Gasteiger partial charge in [-0.1, -0.05) is 20.8 Å². The minimum absolute atomic E-state index is 0.221. The third-order valence-corrected chi connectivity index (χ3v) is 3.56. The number of anilines is 1. The van der Waals surface area contributed by atoms with Gasteiger partial charge in [0.25, 0.3) is 0 Å². The molecule has 2 rings (SSSR count). The molecule has 0 aromatic carbocycles. The average molecular weight is 264 g/mol. The van der Waals surface area contributed by atoms with Crippen molar-refractivity contribution in [2.45, 2.75) is 59.2 Å². The first-order chi connectivity index (χ1) is 9.17. The summed E-state index contributed by atoms with van der Waals surface area (Å²) in [6.45, 7) is 10.2. The van der Waals surface area contributed by atoms with E-state index in [1.54, 1.807) is 0 Å². The van der Waals surface area contributed by atoms with E-state index < -0.39 is 0 Å². The number of hydrogen-bond donors (Lipinski definition) is 0. The summed E-state index contributed by atoms with van der Waals surface area (Å²) in [6, 6.07) is 0. The number of rotatable bonds is 4. The van der Waals surface area contributed by atoms with Gasteiger partial charge in [-0.15, -0.1) is 5.10 Å². The van der Waals surface area contributed by atoms with Crippen LogP contribution >= 0.6 is 0 Å². The molecule has 1 saturated heterocycles. The van der Waals surface area contributed by atoms with Gasteiger partial charge in [0.2, 0.25) is 5.95 Å². The van der Waals surface area contributed by atoms with Crippen LogP contribution in [0.25, 0.3) is 0 Å². The van der Waals surface area contributed by atoms with Crippen LogP contribution in [0.1, 0.15) is 45.5 Å². The third kappa shape index (κ3) is 3.21. The molecule has 5 heteroatoms. The maximum atomic E-state index is 5.87. The predicted molar refractivity (Wildman–Crippen MR) is 75.4 cm³/mol. The lowest BCUT2D eigenvalue weighted by Gasteiger charge is -2.36. The zero-order valence-corrected chi connectivity index (χ0v) is 12.4. The highest BCUT2D eigenvalue weighted by molar-refractivity contribution is 5.31. The zero-order chi connectivity index (χ0) is 13.8. The molecule has 1 aliphatic rings. The first kappa shape index (κ1) is 14.2. The Hall–Kier alpha value is -1.23. The zero-order valence-electron chi connectivity index (χ0n) is 12.4. The number of ether oxygens (including phenoxy) is 1. The van der Waals surface area contributed by atoms with E-state index in [9.17, 15) is 0 Å². The lowest BCUT2D eigenvalue weighted by Crippen LogP contribution is -2.47. The Morgan fingerprint density at radius 3 is 2.47 bits per heavy atom. The largest absolute Gasteiger partial charge is 0.372 e. The molecule has 1 aliphatic heterocycles. The lowest BCUT2D eigenvalue weighted by molar-refractivity contribution is -0.0177. The van der Waals surface area contributed by atoms with Crippen molar-refractivity contribution >= 4 is 5.95 Å². The molecule has 19 heavy (non-hydrogen) atoms. The Kier molecular flexibility index (Phi) is 4.69. The van der Waals surface area contributed by atoms with Crippen molar-refractivity contribution < 1.29 is 4.74 Å². The fraction of sp³-hybridized carbons (Fsp3) is 0.786. The standard InChI is InChI=1S/C14H24N4O/c1-5-11-9-18(8-10(4)19-11)14-15-12(6-2)13(7-3)16-17-14/h10-11H,5-9H2,1-4H3. The Morgan fingerprint density at radius 1 is 1.11 bits per heavy atom. The Bertz CT molecular complexity index is 424. The van der Waals surface area contributed by atoms with E-state index in [2.05, 4.69) is 47.8 Å². The number of aromatic nitrogens is 3. The van der Waals surface area contributed by atoms with Gasteiger partial charge in [-0.3, -0.25) is 0 Å². The number of hydrogen-bond acceptors (Lipinski definition) is 5. The van der Waals surface area contributed by atoms with E-state index in [1.165, 1.54) is 0 Å². The van der Waals surface area contributed by atoms with Gasteiger partial charge in [0, 0.05) is 13.1 Å². The van der Waals surface area contributed by atoms with Crippen LogP contribution in [0.2, 0.25) is 0 Å². The number of morpholine rings is 1. The molecular formula is C14H24N4O. The molecule has 0 aliphatic carbocycles. The summed E-state index contributed by atoms with van der Waals surface area (Å²) in [5, 5.41) is 8.62. The Balaban J connectivity index is 2.21. The van der Waals surface area contributed by atoms with E-state index in [0.29, 0.717) is 0 Å². The maximum absolute atomic E-state index is 5.87. The molecule has 1 aromatic rings. The molecule has 0 saturated carbocycles. The van der Waals surface area contributed by atoms with Crippen molar-refractivity contribution in [3.8, 4) is 0 Å². The maximum Gasteiger partial charge on any atom is 0.245 e. The van der Waals surface area contributed by atoms with Gasteiger partial charge >= 0.3 is 0 Å². The van der Waals surface area contributed by atoms with Crippen LogP contribution in [-0.4, -0.2) is 40.5 Å². The summed E-state index contributed by atoms with van der Waals surface area (Å²) in [4.78, 5) is 6.89. The summed E-state index contributed by atoms with van der Waals surface area (Å²) >= 11 is 0. The minimum Gasteiger partial charge on any atom is -0.372 e. The van der Waals surface area contributed by atoms with E-state index in [1.807, 2.05) is 0 Å². The number of nitrogens with zero attached hydrogens (tertiary/aromatic N) is 4. The van der Waals surface area contributed by atoms with Gasteiger partial charge in [0.05, 0.1) is 23.6 Å². The molecule has 0 bridgehead atoms. The highest BCUT2D eigenvalue weighted by Gasteiger charge is 2.26. The van der Waals surface area contributed by atoms with Crippen LogP contribution in [0.5, 0.6) is 0 Å². The van der Waals surface area contributed by atoms with Gasteiger partial charge in [-0.2, -0.15) is 5.10 Å². The van der Waals surface area contributed by atoms with Crippen molar-refractivity contribution in [2.75, 3.05) is 18.0 Å². The smallest absolute Gasteiger partial charge is 0.245 e. The summed E-state index contributed by atoms with van der Waals surface area (Å²) in [5.41, 5.74) is 2.08. The van der Waals surface area contributed by atoms with Crippen molar-refractivity contribution in [1.82, 2.24) is 15.2 Å². The van der Waals surface area contributed by atoms with Crippen LogP contribution in [0.4, 0.5) is 5.95 Å². The van der Waals surface area contributed by atoms with Crippen molar-refractivity contribution in [3.63, 3.8) is 0 Å². The molecule has 106 valence electrons. The van der Waals surface area contributed by atoms with E-state index >= 15 is 0 Å². The van der Waals surface area contributed by atoms with Crippen LogP contribution in [0.3, 0.4) is 0 Å². The molecule has 1 fully saturated rings. The molecule has 2 unspecified atom stereocenters. The third-order valence-electron chi connectivity index (χ3n) is 3.56. The average Bonchev–Trinajstić information content (AvgIpc) is 2.45. The first-order valence-electron chi connectivity index (χ1n) is 7.30. The molecule has 0 amide bonds. The van der Waals surface area contributed by atoms with Gasteiger partial charge in [-0.05, 0) is 26.2 Å². The molecule has 1 aromatic heterocycles. The van der Waals surface area contributed by atoms with Gasteiger partial charge in [-0.25, -0.2) is 4.98 Å². The molecule has 0 N–H and O–H groups in total. The quantitative estimate of drug-likeness (QED) is 0.832. The monoisotopic (exact) mass is 264 g/mol. The summed E-state index contributed by atoms with van der Waals surface area (Å²) < 4.78 is 5.87. The second kappa shape index (κ2) is 6.28. The Morgan fingerprint density at radius 2 is 1.84 bits per heavy atom. The molecule has 0 spiro atoms. The molecular weight excluding hydrogens is 240 g/mol. The fourth-order valence-electron chi connectivity index (χ4n) is 2.50. The summed E-state index contributed by atoms with van der Waals surface area (Å²) in [5.74, 6) is 0.752. The van der Waals surface area contributed by atoms with Crippen LogP contribution in [0.15, 0.2) is 0 Å². The van der Waals surface area contributed by atoms with Crippen molar-refractivity contribution in [1.29, 1.82) is 0 Å². The van der Waals surface area contributed by atoms with Crippen molar-refractivity contribution in [3.05, 3.63) is 11.4 Å².